The van der Waals surface area contributed by atoms with Crippen LogP contribution in [0.3, 0.4) is 0 Å². The molecule has 2 heterocycles. The average Bonchev–Trinajstić information content (AvgIpc) is 2.82. The maximum atomic E-state index is 12.5. The Labute approximate surface area is 138 Å². The van der Waals surface area contributed by atoms with Gasteiger partial charge in [-0.2, -0.15) is 0 Å². The fraction of sp³-hybridized carbons (Fsp3) is 0.632. The van der Waals surface area contributed by atoms with E-state index in [0.717, 1.165) is 19.4 Å². The number of benzene rings is 1. The van der Waals surface area contributed by atoms with Crippen LogP contribution in [0.5, 0.6) is 0 Å². The summed E-state index contributed by atoms with van der Waals surface area (Å²) in [6, 6.07) is 11.7. The SMILES string of the molecule is COC(CC(=O)C1CC2CCC(C1)N2Cc1ccccc1)OC. The highest BCUT2D eigenvalue weighted by Gasteiger charge is 2.42. The van der Waals surface area contributed by atoms with Crippen molar-refractivity contribution in [1.29, 1.82) is 0 Å². The van der Waals surface area contributed by atoms with E-state index >= 15 is 0 Å². The molecule has 2 aliphatic heterocycles. The number of ketones is 1. The van der Waals surface area contributed by atoms with Crippen LogP contribution in [0.1, 0.15) is 37.7 Å². The van der Waals surface area contributed by atoms with E-state index in [-0.39, 0.29) is 5.92 Å². The lowest BCUT2D eigenvalue weighted by Crippen LogP contribution is -2.44. The summed E-state index contributed by atoms with van der Waals surface area (Å²) in [5, 5.41) is 0. The quantitative estimate of drug-likeness (QED) is 0.725. The average molecular weight is 317 g/mol. The first-order valence-electron chi connectivity index (χ1n) is 8.59. The molecule has 2 aliphatic rings. The van der Waals surface area contributed by atoms with Crippen LogP contribution in [0, 0.1) is 5.92 Å². The highest BCUT2D eigenvalue weighted by molar-refractivity contribution is 5.81. The molecule has 3 rings (SSSR count). The lowest BCUT2D eigenvalue weighted by atomic mass is 9.86. The van der Waals surface area contributed by atoms with Crippen LogP contribution >= 0.6 is 0 Å². The molecule has 2 fully saturated rings. The normalized spacial score (nSPS) is 27.5. The first-order chi connectivity index (χ1) is 11.2. The summed E-state index contributed by atoms with van der Waals surface area (Å²) >= 11 is 0. The van der Waals surface area contributed by atoms with Gasteiger partial charge in [0.1, 0.15) is 5.78 Å². The smallest absolute Gasteiger partial charge is 0.163 e. The van der Waals surface area contributed by atoms with Crippen molar-refractivity contribution in [3.8, 4) is 0 Å². The van der Waals surface area contributed by atoms with Gasteiger partial charge in [0.15, 0.2) is 6.29 Å². The minimum atomic E-state index is -0.400. The minimum Gasteiger partial charge on any atom is -0.355 e. The molecule has 0 amide bonds. The number of piperidine rings is 1. The second kappa shape index (κ2) is 7.56. The number of nitrogens with zero attached hydrogens (tertiary/aromatic N) is 1. The largest absolute Gasteiger partial charge is 0.355 e. The predicted octanol–water partition coefficient (Wildman–Crippen LogP) is 3.01. The summed E-state index contributed by atoms with van der Waals surface area (Å²) in [6.07, 6.45) is 4.39. The van der Waals surface area contributed by atoms with Crippen LogP contribution in [0.2, 0.25) is 0 Å². The molecule has 126 valence electrons. The Morgan fingerprint density at radius 2 is 1.74 bits per heavy atom. The molecule has 1 aromatic carbocycles. The molecule has 0 spiro atoms. The fourth-order valence-corrected chi connectivity index (χ4v) is 4.18. The zero-order valence-corrected chi connectivity index (χ0v) is 14.1. The van der Waals surface area contributed by atoms with Crippen molar-refractivity contribution in [2.45, 2.75) is 57.0 Å². The number of ether oxygens (including phenoxy) is 2. The highest BCUT2D eigenvalue weighted by atomic mass is 16.7. The lowest BCUT2D eigenvalue weighted by Gasteiger charge is -2.38. The molecule has 4 heteroatoms. The number of carbonyl (C=O) groups is 1. The molecule has 0 aromatic heterocycles. The van der Waals surface area contributed by atoms with Crippen molar-refractivity contribution in [3.63, 3.8) is 0 Å². The summed E-state index contributed by atoms with van der Waals surface area (Å²) in [5.41, 5.74) is 1.37. The van der Waals surface area contributed by atoms with Crippen molar-refractivity contribution in [1.82, 2.24) is 4.90 Å². The third-order valence-corrected chi connectivity index (χ3v) is 5.44. The van der Waals surface area contributed by atoms with Crippen LogP contribution < -0.4 is 0 Å². The Hall–Kier alpha value is -1.23. The van der Waals surface area contributed by atoms with Gasteiger partial charge in [-0.1, -0.05) is 30.3 Å². The third kappa shape index (κ3) is 3.82. The number of carbonyl (C=O) groups excluding carboxylic acids is 1. The van der Waals surface area contributed by atoms with Crippen LogP contribution in [-0.2, 0) is 20.8 Å². The number of methoxy groups -OCH3 is 2. The van der Waals surface area contributed by atoms with Gasteiger partial charge in [-0.15, -0.1) is 0 Å². The summed E-state index contributed by atoms with van der Waals surface area (Å²) in [7, 11) is 3.18. The van der Waals surface area contributed by atoms with E-state index in [2.05, 4.69) is 35.2 Å². The second-order valence-electron chi connectivity index (χ2n) is 6.78. The molecule has 0 aliphatic carbocycles. The van der Waals surface area contributed by atoms with E-state index < -0.39 is 6.29 Å². The van der Waals surface area contributed by atoms with Crippen molar-refractivity contribution >= 4 is 5.78 Å². The van der Waals surface area contributed by atoms with Crippen LogP contribution in [-0.4, -0.2) is 43.3 Å². The topological polar surface area (TPSA) is 38.8 Å². The molecule has 0 saturated carbocycles. The van der Waals surface area contributed by atoms with Gasteiger partial charge >= 0.3 is 0 Å². The van der Waals surface area contributed by atoms with Crippen LogP contribution in [0.15, 0.2) is 30.3 Å². The summed E-state index contributed by atoms with van der Waals surface area (Å²) in [5.74, 6) is 0.474. The fourth-order valence-electron chi connectivity index (χ4n) is 4.18. The van der Waals surface area contributed by atoms with Crippen molar-refractivity contribution in [3.05, 3.63) is 35.9 Å². The molecule has 4 nitrogen and oxygen atoms in total. The van der Waals surface area contributed by atoms with E-state index in [0.29, 0.717) is 24.3 Å². The van der Waals surface area contributed by atoms with Crippen molar-refractivity contribution < 1.29 is 14.3 Å². The molecule has 0 radical (unpaired) electrons. The molecule has 23 heavy (non-hydrogen) atoms. The van der Waals surface area contributed by atoms with Gasteiger partial charge in [0.25, 0.3) is 0 Å². The maximum Gasteiger partial charge on any atom is 0.163 e. The molecule has 2 saturated heterocycles. The highest BCUT2D eigenvalue weighted by Crippen LogP contribution is 2.40. The Balaban J connectivity index is 1.59. The molecule has 2 bridgehead atoms. The van der Waals surface area contributed by atoms with E-state index in [1.165, 1.54) is 18.4 Å². The van der Waals surface area contributed by atoms with Crippen LogP contribution in [0.4, 0.5) is 0 Å². The number of hydrogen-bond acceptors (Lipinski definition) is 4. The van der Waals surface area contributed by atoms with E-state index in [1.807, 2.05) is 0 Å². The number of fused-ring (bicyclic) bond motifs is 2. The number of rotatable bonds is 7. The lowest BCUT2D eigenvalue weighted by molar-refractivity contribution is -0.142. The molecular weight excluding hydrogens is 290 g/mol. The number of Topliss-reactive ketones (excluding diaryl/α,β-unsaturated/α-hetero) is 1. The molecule has 2 unspecified atom stereocenters. The van der Waals surface area contributed by atoms with Crippen molar-refractivity contribution in [2.75, 3.05) is 14.2 Å². The summed E-state index contributed by atoms with van der Waals surface area (Å²) in [4.78, 5) is 15.1. The van der Waals surface area contributed by atoms with E-state index in [1.54, 1.807) is 14.2 Å². The zero-order valence-electron chi connectivity index (χ0n) is 14.1. The Bertz CT molecular complexity index is 501. The van der Waals surface area contributed by atoms with Gasteiger partial charge in [0.05, 0.1) is 6.42 Å². The van der Waals surface area contributed by atoms with E-state index in [4.69, 9.17) is 9.47 Å². The van der Waals surface area contributed by atoms with Crippen molar-refractivity contribution in [2.24, 2.45) is 5.92 Å². The molecule has 2 atom stereocenters. The Morgan fingerprint density at radius 1 is 1.13 bits per heavy atom. The van der Waals surface area contributed by atoms with Gasteiger partial charge in [0.2, 0.25) is 0 Å². The van der Waals surface area contributed by atoms with Crippen LogP contribution in [0.25, 0.3) is 0 Å². The van der Waals surface area contributed by atoms with Gasteiger partial charge < -0.3 is 9.47 Å². The maximum absolute atomic E-state index is 12.5. The predicted molar refractivity (Wildman–Crippen MR) is 88.9 cm³/mol. The Kier molecular flexibility index (Phi) is 5.46. The van der Waals surface area contributed by atoms with Gasteiger partial charge in [0, 0.05) is 38.8 Å². The summed E-state index contributed by atoms with van der Waals surface area (Å²) in [6.45, 7) is 1.01. The molecule has 1 aromatic rings. The second-order valence-corrected chi connectivity index (χ2v) is 6.78. The van der Waals surface area contributed by atoms with E-state index in [9.17, 15) is 4.79 Å². The van der Waals surface area contributed by atoms with Gasteiger partial charge in [-0.3, -0.25) is 9.69 Å². The minimum absolute atomic E-state index is 0.173. The van der Waals surface area contributed by atoms with Gasteiger partial charge in [-0.25, -0.2) is 0 Å². The summed E-state index contributed by atoms with van der Waals surface area (Å²) < 4.78 is 10.4. The third-order valence-electron chi connectivity index (χ3n) is 5.44. The van der Waals surface area contributed by atoms with Gasteiger partial charge in [-0.05, 0) is 31.2 Å². The monoisotopic (exact) mass is 317 g/mol. The number of hydrogen-bond donors (Lipinski definition) is 0. The standard InChI is InChI=1S/C19H27NO3/c1-22-19(23-2)12-18(21)15-10-16-8-9-17(11-15)20(16)13-14-6-4-3-5-7-14/h3-7,15-17,19H,8-13H2,1-2H3. The Morgan fingerprint density at radius 3 is 2.30 bits per heavy atom. The molecular formula is C19H27NO3. The zero-order chi connectivity index (χ0) is 16.2. The molecule has 0 N–H and O–H groups in total. The first kappa shape index (κ1) is 16.6. The first-order valence-corrected chi connectivity index (χ1v) is 8.59.